The lowest BCUT2D eigenvalue weighted by Gasteiger charge is -2.21. The number of nitrogens with zero attached hydrogens (tertiary/aromatic N) is 2. The van der Waals surface area contributed by atoms with Gasteiger partial charge in [0.1, 0.15) is 11.5 Å². The number of carbonyl (C=O) groups excluding carboxylic acids is 2. The summed E-state index contributed by atoms with van der Waals surface area (Å²) in [6.07, 6.45) is 3.39. The van der Waals surface area contributed by atoms with Crippen molar-refractivity contribution in [2.45, 2.75) is 6.92 Å². The molecule has 0 bridgehead atoms. The Morgan fingerprint density at radius 2 is 1.71 bits per heavy atom. The normalized spacial score (nSPS) is 14.1. The van der Waals surface area contributed by atoms with Crippen molar-refractivity contribution < 1.29 is 23.7 Å². The van der Waals surface area contributed by atoms with E-state index in [4.69, 9.17) is 9.15 Å². The highest BCUT2D eigenvalue weighted by Crippen LogP contribution is 2.37. The molecule has 4 aromatic rings. The quantitative estimate of drug-likeness (QED) is 0.129. The molecular weight excluding hydrogens is 484 g/mol. The van der Waals surface area contributed by atoms with Gasteiger partial charge in [-0.15, -0.1) is 0 Å². The van der Waals surface area contributed by atoms with Crippen LogP contribution in [0, 0.1) is 17.0 Å². The fourth-order valence-electron chi connectivity index (χ4n) is 4.25. The van der Waals surface area contributed by atoms with Crippen LogP contribution in [-0.2, 0) is 9.53 Å². The molecule has 0 N–H and O–H groups in total. The zero-order valence-electron chi connectivity index (χ0n) is 20.6. The fourth-order valence-corrected chi connectivity index (χ4v) is 4.25. The number of amides is 1. The van der Waals surface area contributed by atoms with Gasteiger partial charge in [0.2, 0.25) is 0 Å². The van der Waals surface area contributed by atoms with Crippen molar-refractivity contribution in [2.75, 3.05) is 12.0 Å². The molecular formula is C30H22N2O6. The molecule has 0 spiro atoms. The predicted molar refractivity (Wildman–Crippen MR) is 143 cm³/mol. The van der Waals surface area contributed by atoms with Crippen LogP contribution in [0.2, 0.25) is 0 Å². The number of carbonyl (C=O) groups is 2. The fraction of sp³-hybridized carbons (Fsp3) is 0.0667. The molecule has 3 aromatic carbocycles. The Morgan fingerprint density at radius 3 is 2.39 bits per heavy atom. The lowest BCUT2D eigenvalue weighted by atomic mass is 10.1. The molecule has 8 nitrogen and oxygen atoms in total. The largest absolute Gasteiger partial charge is 0.465 e. The van der Waals surface area contributed by atoms with Gasteiger partial charge in [0.25, 0.3) is 11.6 Å². The van der Waals surface area contributed by atoms with Crippen LogP contribution in [0.15, 0.2) is 101 Å². The summed E-state index contributed by atoms with van der Waals surface area (Å²) >= 11 is 0. The molecule has 38 heavy (non-hydrogen) atoms. The van der Waals surface area contributed by atoms with E-state index in [1.54, 1.807) is 67.6 Å². The minimum atomic E-state index is -0.454. The molecule has 0 saturated heterocycles. The molecule has 1 aliphatic heterocycles. The molecule has 0 unspecified atom stereocenters. The summed E-state index contributed by atoms with van der Waals surface area (Å²) in [6, 6.07) is 24.4. The first-order valence-corrected chi connectivity index (χ1v) is 11.7. The summed E-state index contributed by atoms with van der Waals surface area (Å²) in [6.45, 7) is 1.66. The molecule has 0 atom stereocenters. The first-order valence-electron chi connectivity index (χ1n) is 11.7. The summed E-state index contributed by atoms with van der Waals surface area (Å²) < 4.78 is 10.7. The van der Waals surface area contributed by atoms with Crippen molar-refractivity contribution in [1.82, 2.24) is 0 Å². The summed E-state index contributed by atoms with van der Waals surface area (Å²) in [5.74, 6) is 0.269. The van der Waals surface area contributed by atoms with Crippen LogP contribution in [0.4, 0.5) is 11.4 Å². The van der Waals surface area contributed by atoms with Crippen molar-refractivity contribution in [2.24, 2.45) is 0 Å². The van der Waals surface area contributed by atoms with Gasteiger partial charge in [0.15, 0.2) is 0 Å². The van der Waals surface area contributed by atoms with Gasteiger partial charge in [0.05, 0.1) is 29.0 Å². The number of benzene rings is 3. The average Bonchev–Trinajstić information content (AvgIpc) is 3.54. The van der Waals surface area contributed by atoms with E-state index in [1.165, 1.54) is 18.1 Å². The number of methoxy groups -OCH3 is 1. The van der Waals surface area contributed by atoms with Gasteiger partial charge in [-0.2, -0.15) is 0 Å². The summed E-state index contributed by atoms with van der Waals surface area (Å²) in [7, 11) is 1.33. The molecule has 1 aliphatic rings. The van der Waals surface area contributed by atoms with Crippen LogP contribution in [0.5, 0.6) is 0 Å². The van der Waals surface area contributed by atoms with Crippen LogP contribution < -0.4 is 4.90 Å². The van der Waals surface area contributed by atoms with Crippen LogP contribution in [0.3, 0.4) is 0 Å². The third-order valence-electron chi connectivity index (χ3n) is 6.22. The number of esters is 1. The number of aryl methyl sites for hydroxylation is 1. The van der Waals surface area contributed by atoms with E-state index in [0.29, 0.717) is 39.6 Å². The molecule has 0 radical (unpaired) electrons. The molecule has 0 aliphatic carbocycles. The van der Waals surface area contributed by atoms with Gasteiger partial charge in [-0.25, -0.2) is 4.79 Å². The number of ether oxygens (including phenoxy) is 1. The Balaban J connectivity index is 1.51. The number of anilines is 1. The third-order valence-corrected chi connectivity index (χ3v) is 6.22. The minimum absolute atomic E-state index is 0.0611. The maximum Gasteiger partial charge on any atom is 0.337 e. The Morgan fingerprint density at radius 1 is 0.974 bits per heavy atom. The smallest absolute Gasteiger partial charge is 0.337 e. The van der Waals surface area contributed by atoms with Crippen LogP contribution in [0.1, 0.15) is 27.2 Å². The standard InChI is InChI=1S/C30H22N2O6/c1-19-8-13-24(18-26(19)32(35)36)31-27(20-6-4-3-5-7-20)17-23(29(31)33)16-25-14-15-28(38-25)21-9-11-22(12-10-21)30(34)37-2/h3-18H,1-2H3/b23-16+. The van der Waals surface area contributed by atoms with Gasteiger partial charge in [-0.05, 0) is 55.0 Å². The van der Waals surface area contributed by atoms with Gasteiger partial charge >= 0.3 is 5.97 Å². The molecule has 0 saturated carbocycles. The van der Waals surface area contributed by atoms with Gasteiger partial charge in [-0.1, -0.05) is 48.5 Å². The van der Waals surface area contributed by atoms with Crippen molar-refractivity contribution in [3.05, 3.63) is 129 Å². The van der Waals surface area contributed by atoms with Gasteiger partial charge < -0.3 is 9.15 Å². The van der Waals surface area contributed by atoms with Crippen molar-refractivity contribution >= 4 is 35.0 Å². The van der Waals surface area contributed by atoms with Crippen LogP contribution >= 0.6 is 0 Å². The highest BCUT2D eigenvalue weighted by Gasteiger charge is 2.32. The van der Waals surface area contributed by atoms with Gasteiger partial charge in [-0.3, -0.25) is 19.8 Å². The van der Waals surface area contributed by atoms with E-state index >= 15 is 0 Å². The zero-order chi connectivity index (χ0) is 26.8. The van der Waals surface area contributed by atoms with E-state index in [2.05, 4.69) is 0 Å². The molecule has 188 valence electrons. The summed E-state index contributed by atoms with van der Waals surface area (Å²) in [5.41, 5.74) is 3.79. The van der Waals surface area contributed by atoms with E-state index in [1.807, 2.05) is 30.3 Å². The molecule has 2 heterocycles. The topological polar surface area (TPSA) is 103 Å². The highest BCUT2D eigenvalue weighted by molar-refractivity contribution is 6.23. The lowest BCUT2D eigenvalue weighted by Crippen LogP contribution is -2.25. The average molecular weight is 507 g/mol. The Kier molecular flexibility index (Phi) is 6.45. The minimum Gasteiger partial charge on any atom is -0.465 e. The summed E-state index contributed by atoms with van der Waals surface area (Å²) in [4.78, 5) is 37.9. The lowest BCUT2D eigenvalue weighted by molar-refractivity contribution is -0.385. The third kappa shape index (κ3) is 4.62. The first-order chi connectivity index (χ1) is 18.4. The number of nitro benzene ring substituents is 1. The van der Waals surface area contributed by atoms with E-state index in [0.717, 1.165) is 11.1 Å². The second-order valence-corrected chi connectivity index (χ2v) is 8.63. The Labute approximate surface area is 218 Å². The maximum atomic E-state index is 13.6. The Bertz CT molecular complexity index is 1610. The van der Waals surface area contributed by atoms with E-state index in [-0.39, 0.29) is 11.6 Å². The van der Waals surface area contributed by atoms with Gasteiger partial charge in [0, 0.05) is 22.8 Å². The molecule has 5 rings (SSSR count). The van der Waals surface area contributed by atoms with E-state index < -0.39 is 10.9 Å². The SMILES string of the molecule is COC(=O)c1ccc(-c2ccc(/C=C3\C=C(c4ccccc4)N(c4ccc(C)c([N+](=O)[O-])c4)C3=O)o2)cc1. The molecule has 8 heteroatoms. The second-order valence-electron chi connectivity index (χ2n) is 8.63. The van der Waals surface area contributed by atoms with Crippen LogP contribution in [0.25, 0.3) is 23.1 Å². The van der Waals surface area contributed by atoms with Crippen molar-refractivity contribution in [3.8, 4) is 11.3 Å². The highest BCUT2D eigenvalue weighted by atomic mass is 16.6. The molecule has 0 fully saturated rings. The first kappa shape index (κ1) is 24.5. The Hall–Kier alpha value is -5.24. The number of hydrogen-bond acceptors (Lipinski definition) is 6. The van der Waals surface area contributed by atoms with Crippen molar-refractivity contribution in [3.63, 3.8) is 0 Å². The monoisotopic (exact) mass is 506 g/mol. The second kappa shape index (κ2) is 10.0. The van der Waals surface area contributed by atoms with E-state index in [9.17, 15) is 19.7 Å². The number of hydrogen-bond donors (Lipinski definition) is 0. The number of nitro groups is 1. The number of furan rings is 1. The van der Waals surface area contributed by atoms with Crippen molar-refractivity contribution in [1.29, 1.82) is 0 Å². The molecule has 1 aromatic heterocycles. The van der Waals surface area contributed by atoms with Crippen LogP contribution in [-0.4, -0.2) is 23.9 Å². The number of rotatable bonds is 6. The zero-order valence-corrected chi connectivity index (χ0v) is 20.6. The summed E-state index contributed by atoms with van der Waals surface area (Å²) in [5, 5.41) is 11.6. The molecule has 1 amide bonds. The predicted octanol–water partition coefficient (Wildman–Crippen LogP) is 6.42. The maximum absolute atomic E-state index is 13.6.